The molecule has 3 heterocycles. The number of carbonyl (C=O) groups excluding carboxylic acids is 1. The average molecular weight is 553 g/mol. The van der Waals surface area contributed by atoms with Gasteiger partial charge in [0.25, 0.3) is 5.56 Å². The number of hydrogen-bond acceptors (Lipinski definition) is 6. The first-order valence-electron chi connectivity index (χ1n) is 11.6. The van der Waals surface area contributed by atoms with Crippen LogP contribution in [-0.4, -0.2) is 17.1 Å². The molecule has 188 valence electrons. The van der Waals surface area contributed by atoms with Gasteiger partial charge in [0.2, 0.25) is 0 Å². The van der Waals surface area contributed by atoms with Gasteiger partial charge in [0.1, 0.15) is 11.5 Å². The number of benzene rings is 2. The van der Waals surface area contributed by atoms with Crippen LogP contribution in [0.3, 0.4) is 0 Å². The van der Waals surface area contributed by atoms with E-state index in [9.17, 15) is 9.59 Å². The number of hydrogen-bond donors (Lipinski definition) is 0. The molecule has 5 rings (SSSR count). The van der Waals surface area contributed by atoms with Gasteiger partial charge in [-0.3, -0.25) is 9.36 Å². The van der Waals surface area contributed by atoms with Crippen LogP contribution >= 0.6 is 34.5 Å². The van der Waals surface area contributed by atoms with Crippen LogP contribution in [0.5, 0.6) is 0 Å². The monoisotopic (exact) mass is 552 g/mol. The Kier molecular flexibility index (Phi) is 6.94. The number of esters is 1. The van der Waals surface area contributed by atoms with E-state index in [0.29, 0.717) is 47.7 Å². The van der Waals surface area contributed by atoms with Crippen LogP contribution in [0.2, 0.25) is 10.0 Å². The zero-order chi connectivity index (χ0) is 26.3. The van der Waals surface area contributed by atoms with Crippen molar-refractivity contribution in [2.75, 3.05) is 6.61 Å². The Hall–Kier alpha value is -3.39. The average Bonchev–Trinajstić information content (AvgIpc) is 3.45. The van der Waals surface area contributed by atoms with Crippen molar-refractivity contribution in [3.8, 4) is 11.3 Å². The number of allylic oxidation sites excluding steroid dienone is 1. The predicted octanol–water partition coefficient (Wildman–Crippen LogP) is 5.67. The van der Waals surface area contributed by atoms with Crippen molar-refractivity contribution in [3.05, 3.63) is 112 Å². The molecule has 0 unspecified atom stereocenters. The summed E-state index contributed by atoms with van der Waals surface area (Å²) in [5.74, 6) is 0.520. The lowest BCUT2D eigenvalue weighted by Crippen LogP contribution is -2.39. The molecule has 9 heteroatoms. The third kappa shape index (κ3) is 4.82. The van der Waals surface area contributed by atoms with Crippen molar-refractivity contribution in [3.63, 3.8) is 0 Å². The molecule has 1 aliphatic heterocycles. The standard InChI is InChI=1S/C28H22Cl2N2O4S/c1-4-35-27(34)24-16(3)31-28-32(25(24)17-7-5-15(2)6-8-17)26(33)23(37-28)14-19-10-12-22(36-19)20-13-18(29)9-11-21(20)30/h5-14,25H,4H2,1-3H3/b23-14-/t25-/m0/s1. The van der Waals surface area contributed by atoms with E-state index in [1.165, 1.54) is 11.3 Å². The highest BCUT2D eigenvalue weighted by Crippen LogP contribution is 2.33. The molecule has 0 saturated heterocycles. The normalized spacial score (nSPS) is 15.5. The number of aryl methyl sites for hydroxylation is 1. The number of thiazole rings is 1. The molecule has 1 atom stereocenters. The van der Waals surface area contributed by atoms with Crippen LogP contribution in [0.15, 0.2) is 80.1 Å². The molecule has 0 radical (unpaired) electrons. The molecule has 1 aliphatic rings. The lowest BCUT2D eigenvalue weighted by Gasteiger charge is -2.24. The molecule has 2 aromatic carbocycles. The van der Waals surface area contributed by atoms with Gasteiger partial charge >= 0.3 is 5.97 Å². The van der Waals surface area contributed by atoms with Crippen LogP contribution in [0.1, 0.15) is 36.8 Å². The SMILES string of the molecule is CCOC(=O)C1=C(C)N=c2s/c(=C\c3ccc(-c4cc(Cl)ccc4Cl)o3)c(=O)n2[C@H]1c1ccc(C)cc1. The Morgan fingerprint density at radius 3 is 2.62 bits per heavy atom. The highest BCUT2D eigenvalue weighted by molar-refractivity contribution is 7.07. The van der Waals surface area contributed by atoms with Crippen molar-refractivity contribution >= 4 is 46.6 Å². The van der Waals surface area contributed by atoms with Gasteiger partial charge in [0, 0.05) is 16.7 Å². The lowest BCUT2D eigenvalue weighted by molar-refractivity contribution is -0.139. The van der Waals surface area contributed by atoms with Crippen LogP contribution in [-0.2, 0) is 9.53 Å². The third-order valence-corrected chi connectivity index (χ3v) is 7.55. The minimum atomic E-state index is -0.657. The second kappa shape index (κ2) is 10.2. The first-order chi connectivity index (χ1) is 17.8. The minimum Gasteiger partial charge on any atom is -0.463 e. The maximum absolute atomic E-state index is 13.7. The number of carbonyl (C=O) groups is 1. The molecule has 4 aromatic rings. The summed E-state index contributed by atoms with van der Waals surface area (Å²) in [6.45, 7) is 5.71. The van der Waals surface area contributed by atoms with Gasteiger partial charge in [-0.2, -0.15) is 0 Å². The molecular weight excluding hydrogens is 531 g/mol. The fourth-order valence-corrected chi connectivity index (χ4v) is 5.66. The van der Waals surface area contributed by atoms with Crippen LogP contribution in [0, 0.1) is 6.92 Å². The number of ether oxygens (including phenoxy) is 1. The number of furan rings is 1. The number of aromatic nitrogens is 1. The van der Waals surface area contributed by atoms with Gasteiger partial charge in [-0.25, -0.2) is 9.79 Å². The molecule has 0 spiro atoms. The summed E-state index contributed by atoms with van der Waals surface area (Å²) in [6, 6.07) is 15.8. The summed E-state index contributed by atoms with van der Waals surface area (Å²) < 4.78 is 13.3. The number of nitrogens with zero attached hydrogens (tertiary/aromatic N) is 2. The first-order valence-corrected chi connectivity index (χ1v) is 13.2. The Morgan fingerprint density at radius 1 is 1.14 bits per heavy atom. The Morgan fingerprint density at radius 2 is 1.89 bits per heavy atom. The summed E-state index contributed by atoms with van der Waals surface area (Å²) in [7, 11) is 0. The van der Waals surface area contributed by atoms with E-state index < -0.39 is 12.0 Å². The molecule has 0 N–H and O–H groups in total. The van der Waals surface area contributed by atoms with E-state index in [1.807, 2.05) is 31.2 Å². The maximum Gasteiger partial charge on any atom is 0.338 e. The van der Waals surface area contributed by atoms with Gasteiger partial charge in [-0.15, -0.1) is 0 Å². The van der Waals surface area contributed by atoms with Gasteiger partial charge in [0.05, 0.1) is 33.5 Å². The third-order valence-electron chi connectivity index (χ3n) is 6.00. The van der Waals surface area contributed by atoms with E-state index in [-0.39, 0.29) is 12.2 Å². The minimum absolute atomic E-state index is 0.220. The second-order valence-corrected chi connectivity index (χ2v) is 10.4. The number of rotatable bonds is 5. The molecule has 6 nitrogen and oxygen atoms in total. The summed E-state index contributed by atoms with van der Waals surface area (Å²) in [6.07, 6.45) is 1.67. The zero-order valence-corrected chi connectivity index (χ0v) is 22.6. The fourth-order valence-electron chi connectivity index (χ4n) is 4.25. The van der Waals surface area contributed by atoms with Crippen LogP contribution in [0.4, 0.5) is 0 Å². The first kappa shape index (κ1) is 25.3. The highest BCUT2D eigenvalue weighted by Gasteiger charge is 2.33. The molecule has 0 amide bonds. The summed E-state index contributed by atoms with van der Waals surface area (Å²) in [5, 5.41) is 1.04. The van der Waals surface area contributed by atoms with E-state index in [4.69, 9.17) is 32.4 Å². The zero-order valence-electron chi connectivity index (χ0n) is 20.2. The van der Waals surface area contributed by atoms with Crippen molar-refractivity contribution in [2.24, 2.45) is 4.99 Å². The van der Waals surface area contributed by atoms with E-state index in [2.05, 4.69) is 4.99 Å². The van der Waals surface area contributed by atoms with Crippen molar-refractivity contribution in [1.29, 1.82) is 0 Å². The van der Waals surface area contributed by atoms with Crippen molar-refractivity contribution < 1.29 is 13.9 Å². The van der Waals surface area contributed by atoms with Gasteiger partial charge in [-0.1, -0.05) is 64.4 Å². The highest BCUT2D eigenvalue weighted by atomic mass is 35.5. The molecule has 37 heavy (non-hydrogen) atoms. The fraction of sp³-hybridized carbons (Fsp3) is 0.179. The summed E-state index contributed by atoms with van der Waals surface area (Å²) >= 11 is 13.7. The summed E-state index contributed by atoms with van der Waals surface area (Å²) in [4.78, 5) is 31.8. The largest absolute Gasteiger partial charge is 0.463 e. The lowest BCUT2D eigenvalue weighted by atomic mass is 9.95. The van der Waals surface area contributed by atoms with Crippen LogP contribution in [0.25, 0.3) is 17.4 Å². The topological polar surface area (TPSA) is 73.8 Å². The van der Waals surface area contributed by atoms with Crippen LogP contribution < -0.4 is 14.9 Å². The van der Waals surface area contributed by atoms with E-state index in [1.54, 1.807) is 54.8 Å². The Labute approximate surface area is 226 Å². The Bertz CT molecular complexity index is 1730. The quantitative estimate of drug-likeness (QED) is 0.299. The predicted molar refractivity (Wildman–Crippen MR) is 146 cm³/mol. The smallest absolute Gasteiger partial charge is 0.338 e. The molecule has 0 saturated carbocycles. The summed E-state index contributed by atoms with van der Waals surface area (Å²) in [5.41, 5.74) is 3.12. The van der Waals surface area contributed by atoms with Gasteiger partial charge in [0.15, 0.2) is 4.80 Å². The molecular formula is C28H22Cl2N2O4S. The van der Waals surface area contributed by atoms with Gasteiger partial charge < -0.3 is 9.15 Å². The van der Waals surface area contributed by atoms with Gasteiger partial charge in [-0.05, 0) is 56.7 Å². The molecule has 0 fully saturated rings. The van der Waals surface area contributed by atoms with E-state index in [0.717, 1.165) is 11.1 Å². The molecule has 0 aliphatic carbocycles. The number of halogens is 2. The van der Waals surface area contributed by atoms with Crippen molar-refractivity contribution in [1.82, 2.24) is 4.57 Å². The Balaban J connectivity index is 1.64. The number of fused-ring (bicyclic) bond motifs is 1. The second-order valence-electron chi connectivity index (χ2n) is 8.54. The van der Waals surface area contributed by atoms with Crippen molar-refractivity contribution in [2.45, 2.75) is 26.8 Å². The maximum atomic E-state index is 13.7. The molecule has 2 aromatic heterocycles. The van der Waals surface area contributed by atoms with E-state index >= 15 is 0 Å². The molecule has 0 bridgehead atoms.